The van der Waals surface area contributed by atoms with Crippen molar-refractivity contribution < 1.29 is 14.3 Å². The van der Waals surface area contributed by atoms with Gasteiger partial charge in [-0.1, -0.05) is 12.1 Å². The van der Waals surface area contributed by atoms with Crippen LogP contribution in [0.5, 0.6) is 5.75 Å². The van der Waals surface area contributed by atoms with Crippen molar-refractivity contribution in [3.8, 4) is 17.0 Å². The fourth-order valence-electron chi connectivity index (χ4n) is 2.98. The van der Waals surface area contributed by atoms with Crippen LogP contribution >= 0.6 is 0 Å². The van der Waals surface area contributed by atoms with Gasteiger partial charge >= 0.3 is 11.7 Å². The summed E-state index contributed by atoms with van der Waals surface area (Å²) in [4.78, 5) is 28.9. The van der Waals surface area contributed by atoms with Gasteiger partial charge in [0.05, 0.1) is 31.0 Å². The Morgan fingerprint density at radius 3 is 2.54 bits per heavy atom. The van der Waals surface area contributed by atoms with Gasteiger partial charge in [0.1, 0.15) is 5.75 Å². The van der Waals surface area contributed by atoms with Crippen LogP contribution in [-0.2, 0) is 4.74 Å². The molecule has 0 aliphatic carbocycles. The third-order valence-electron chi connectivity index (χ3n) is 4.21. The highest BCUT2D eigenvalue weighted by Crippen LogP contribution is 2.29. The molecule has 0 saturated heterocycles. The number of ether oxygens (including phenoxy) is 2. The molecule has 6 heteroatoms. The summed E-state index contributed by atoms with van der Waals surface area (Å²) in [6.07, 6.45) is 0. The summed E-state index contributed by atoms with van der Waals surface area (Å²) in [6, 6.07) is 12.4. The second-order valence-electron chi connectivity index (χ2n) is 6.16. The van der Waals surface area contributed by atoms with Crippen molar-refractivity contribution >= 4 is 16.9 Å². The Hall–Kier alpha value is -3.15. The fraction of sp³-hybridized carbons (Fsp3) is 0.250. The molecule has 1 aromatic heterocycles. The molecule has 0 bridgehead atoms. The van der Waals surface area contributed by atoms with Crippen LogP contribution < -0.4 is 10.4 Å². The molecule has 6 nitrogen and oxygen atoms in total. The van der Waals surface area contributed by atoms with Gasteiger partial charge in [0.25, 0.3) is 0 Å². The van der Waals surface area contributed by atoms with E-state index in [0.29, 0.717) is 22.5 Å². The van der Waals surface area contributed by atoms with Crippen LogP contribution in [0.3, 0.4) is 0 Å². The average Bonchev–Trinajstić information content (AvgIpc) is 2.65. The molecule has 0 saturated carbocycles. The molecule has 0 unspecified atom stereocenters. The lowest BCUT2D eigenvalue weighted by molar-refractivity contribution is 0.0601. The molecule has 2 aromatic carbocycles. The number of benzene rings is 2. The smallest absolute Gasteiger partial charge is 0.348 e. The Bertz CT molecular complexity index is 1040. The van der Waals surface area contributed by atoms with Gasteiger partial charge in [-0.25, -0.2) is 9.59 Å². The summed E-state index contributed by atoms with van der Waals surface area (Å²) >= 11 is 0. The molecular formula is C20H20N2O4. The predicted molar refractivity (Wildman–Crippen MR) is 99.7 cm³/mol. The Labute approximate surface area is 151 Å². The van der Waals surface area contributed by atoms with Gasteiger partial charge in [-0.2, -0.15) is 4.98 Å². The van der Waals surface area contributed by atoms with Crippen LogP contribution in [0.25, 0.3) is 22.2 Å². The van der Waals surface area contributed by atoms with Crippen molar-refractivity contribution in [2.75, 3.05) is 14.2 Å². The number of hydrogen-bond acceptors (Lipinski definition) is 5. The molecule has 0 atom stereocenters. The average molecular weight is 352 g/mol. The first-order chi connectivity index (χ1) is 12.5. The van der Waals surface area contributed by atoms with E-state index in [2.05, 4.69) is 4.98 Å². The number of aromatic nitrogens is 2. The molecule has 0 fully saturated rings. The molecule has 0 radical (unpaired) electrons. The summed E-state index contributed by atoms with van der Waals surface area (Å²) < 4.78 is 11.7. The molecule has 3 rings (SSSR count). The van der Waals surface area contributed by atoms with E-state index in [1.807, 2.05) is 38.1 Å². The molecule has 0 amide bonds. The first kappa shape index (κ1) is 17.7. The number of rotatable bonds is 4. The number of methoxy groups -OCH3 is 2. The predicted octanol–water partition coefficient (Wildman–Crippen LogP) is 3.44. The van der Waals surface area contributed by atoms with E-state index in [-0.39, 0.29) is 11.7 Å². The molecule has 0 aliphatic heterocycles. The van der Waals surface area contributed by atoms with Gasteiger partial charge in [-0.3, -0.25) is 4.57 Å². The van der Waals surface area contributed by atoms with E-state index in [1.54, 1.807) is 29.9 Å². The van der Waals surface area contributed by atoms with E-state index in [0.717, 1.165) is 10.9 Å². The van der Waals surface area contributed by atoms with Crippen molar-refractivity contribution in [2.24, 2.45) is 0 Å². The highest BCUT2D eigenvalue weighted by molar-refractivity contribution is 5.98. The second kappa shape index (κ2) is 7.00. The Kier molecular flexibility index (Phi) is 4.75. The largest absolute Gasteiger partial charge is 0.497 e. The van der Waals surface area contributed by atoms with Crippen LogP contribution in [0, 0.1) is 0 Å². The van der Waals surface area contributed by atoms with Gasteiger partial charge < -0.3 is 9.47 Å². The molecule has 0 N–H and O–H groups in total. The van der Waals surface area contributed by atoms with Crippen LogP contribution in [-0.4, -0.2) is 29.7 Å². The number of carbonyl (C=O) groups excluding carboxylic acids is 1. The number of hydrogen-bond donors (Lipinski definition) is 0. The van der Waals surface area contributed by atoms with Gasteiger partial charge in [0.2, 0.25) is 0 Å². The third kappa shape index (κ3) is 3.06. The maximum absolute atomic E-state index is 12.7. The number of esters is 1. The lowest BCUT2D eigenvalue weighted by Crippen LogP contribution is -2.25. The van der Waals surface area contributed by atoms with Crippen LogP contribution in [0.2, 0.25) is 0 Å². The quantitative estimate of drug-likeness (QED) is 0.673. The van der Waals surface area contributed by atoms with Gasteiger partial charge in [0, 0.05) is 17.0 Å². The van der Waals surface area contributed by atoms with E-state index < -0.39 is 5.97 Å². The van der Waals surface area contributed by atoms with Crippen molar-refractivity contribution in [1.29, 1.82) is 0 Å². The lowest BCUT2D eigenvalue weighted by Gasteiger charge is -2.16. The summed E-state index contributed by atoms with van der Waals surface area (Å²) in [6.45, 7) is 3.80. The number of nitrogens with zero attached hydrogens (tertiary/aromatic N) is 2. The maximum Gasteiger partial charge on any atom is 0.348 e. The second-order valence-corrected chi connectivity index (χ2v) is 6.16. The normalized spacial score (nSPS) is 11.0. The SMILES string of the molecule is COC(=O)c1ccc2c(-c3cccc(OC)c3)nc(=O)n(C(C)C)c2c1. The van der Waals surface area contributed by atoms with Gasteiger partial charge in [0.15, 0.2) is 0 Å². The monoisotopic (exact) mass is 352 g/mol. The summed E-state index contributed by atoms with van der Waals surface area (Å²) in [7, 11) is 2.92. The van der Waals surface area contributed by atoms with Crippen LogP contribution in [0.1, 0.15) is 30.2 Å². The van der Waals surface area contributed by atoms with Gasteiger partial charge in [-0.15, -0.1) is 0 Å². The van der Waals surface area contributed by atoms with E-state index in [1.165, 1.54) is 7.11 Å². The molecule has 0 spiro atoms. The van der Waals surface area contributed by atoms with Crippen molar-refractivity contribution in [1.82, 2.24) is 9.55 Å². The van der Waals surface area contributed by atoms with Crippen molar-refractivity contribution in [2.45, 2.75) is 19.9 Å². The standard InChI is InChI=1S/C20H20N2O4/c1-12(2)22-17-11-14(19(23)26-4)8-9-16(17)18(21-20(22)24)13-6-5-7-15(10-13)25-3/h5-12H,1-4H3. The molecule has 134 valence electrons. The highest BCUT2D eigenvalue weighted by atomic mass is 16.5. The van der Waals surface area contributed by atoms with E-state index in [4.69, 9.17) is 9.47 Å². The lowest BCUT2D eigenvalue weighted by atomic mass is 10.0. The van der Waals surface area contributed by atoms with E-state index >= 15 is 0 Å². The van der Waals surface area contributed by atoms with Crippen molar-refractivity contribution in [3.63, 3.8) is 0 Å². The topological polar surface area (TPSA) is 70.4 Å². The summed E-state index contributed by atoms with van der Waals surface area (Å²) in [5.41, 5.74) is 1.98. The van der Waals surface area contributed by atoms with Crippen LogP contribution in [0.4, 0.5) is 0 Å². The maximum atomic E-state index is 12.7. The third-order valence-corrected chi connectivity index (χ3v) is 4.21. The minimum atomic E-state index is -0.450. The first-order valence-corrected chi connectivity index (χ1v) is 8.25. The number of fused-ring (bicyclic) bond motifs is 1. The molecule has 3 aromatic rings. The zero-order chi connectivity index (χ0) is 18.8. The van der Waals surface area contributed by atoms with Crippen molar-refractivity contribution in [3.05, 3.63) is 58.5 Å². The van der Waals surface area contributed by atoms with Gasteiger partial charge in [-0.05, 0) is 44.2 Å². The molecule has 26 heavy (non-hydrogen) atoms. The zero-order valence-electron chi connectivity index (χ0n) is 15.1. The Balaban J connectivity index is 2.36. The zero-order valence-corrected chi connectivity index (χ0v) is 15.1. The van der Waals surface area contributed by atoms with Crippen LogP contribution in [0.15, 0.2) is 47.3 Å². The minimum Gasteiger partial charge on any atom is -0.497 e. The summed E-state index contributed by atoms with van der Waals surface area (Å²) in [5, 5.41) is 0.777. The molecular weight excluding hydrogens is 332 g/mol. The van der Waals surface area contributed by atoms with E-state index in [9.17, 15) is 9.59 Å². The molecule has 0 aliphatic rings. The first-order valence-electron chi connectivity index (χ1n) is 8.25. The summed E-state index contributed by atoms with van der Waals surface area (Å²) in [5.74, 6) is 0.228. The highest BCUT2D eigenvalue weighted by Gasteiger charge is 2.17. The fourth-order valence-corrected chi connectivity index (χ4v) is 2.98. The molecule has 1 heterocycles. The Morgan fingerprint density at radius 1 is 1.12 bits per heavy atom. The number of carbonyl (C=O) groups is 1. The minimum absolute atomic E-state index is 0.107. The Morgan fingerprint density at radius 2 is 1.88 bits per heavy atom.